The van der Waals surface area contributed by atoms with E-state index < -0.39 is 0 Å². The Balaban J connectivity index is 2.26. The Morgan fingerprint density at radius 1 is 1.00 bits per heavy atom. The third kappa shape index (κ3) is 2.72. The zero-order chi connectivity index (χ0) is 16.2. The molecule has 4 heteroatoms. The number of nitrogen functional groups attached to an aromatic ring is 1. The van der Waals surface area contributed by atoms with Crippen LogP contribution in [0.1, 0.15) is 5.56 Å². The lowest BCUT2D eigenvalue weighted by Gasteiger charge is -2.12. The second kappa shape index (κ2) is 6.20. The molecule has 0 bridgehead atoms. The molecule has 0 spiro atoms. The molecule has 0 saturated carbocycles. The van der Waals surface area contributed by atoms with E-state index in [1.807, 2.05) is 60.7 Å². The summed E-state index contributed by atoms with van der Waals surface area (Å²) in [6.07, 6.45) is 0. The highest BCUT2D eigenvalue weighted by atomic mass is 16.5. The van der Waals surface area contributed by atoms with Gasteiger partial charge in [0.15, 0.2) is 0 Å². The minimum Gasteiger partial charge on any atom is -0.496 e. The molecule has 0 aliphatic heterocycles. The number of pyridine rings is 1. The van der Waals surface area contributed by atoms with Crippen molar-refractivity contribution in [3.05, 3.63) is 66.2 Å². The molecule has 2 N–H and O–H groups in total. The van der Waals surface area contributed by atoms with Crippen LogP contribution in [0.15, 0.2) is 60.7 Å². The van der Waals surface area contributed by atoms with Gasteiger partial charge in [0.1, 0.15) is 23.2 Å². The fourth-order valence-corrected chi connectivity index (χ4v) is 2.52. The molecule has 3 rings (SSSR count). The van der Waals surface area contributed by atoms with Gasteiger partial charge in [-0.2, -0.15) is 5.26 Å². The van der Waals surface area contributed by atoms with Gasteiger partial charge in [-0.1, -0.05) is 42.5 Å². The maximum Gasteiger partial charge on any atom is 0.142 e. The van der Waals surface area contributed by atoms with Crippen LogP contribution in [0, 0.1) is 11.3 Å². The van der Waals surface area contributed by atoms with Crippen molar-refractivity contribution in [3.63, 3.8) is 0 Å². The summed E-state index contributed by atoms with van der Waals surface area (Å²) in [4.78, 5) is 4.38. The van der Waals surface area contributed by atoms with E-state index in [9.17, 15) is 5.26 Å². The Morgan fingerprint density at radius 3 is 2.39 bits per heavy atom. The predicted octanol–water partition coefficient (Wildman–Crippen LogP) is 3.88. The molecule has 0 unspecified atom stereocenters. The van der Waals surface area contributed by atoms with Gasteiger partial charge in [-0.25, -0.2) is 4.98 Å². The standard InChI is InChI=1S/C19H15N3O/c1-23-18-10-6-5-9-14(18)17-11-15(13-7-3-2-4-8-13)16(12-20)19(21)22-17/h2-11H,1H3,(H2,21,22). The summed E-state index contributed by atoms with van der Waals surface area (Å²) in [6.45, 7) is 0. The largest absolute Gasteiger partial charge is 0.496 e. The quantitative estimate of drug-likeness (QED) is 0.797. The summed E-state index contributed by atoms with van der Waals surface area (Å²) in [7, 11) is 1.62. The van der Waals surface area contributed by atoms with Crippen LogP contribution in [0.25, 0.3) is 22.4 Å². The number of methoxy groups -OCH3 is 1. The normalized spacial score (nSPS) is 10.1. The number of hydrogen-bond acceptors (Lipinski definition) is 4. The van der Waals surface area contributed by atoms with Gasteiger partial charge < -0.3 is 10.5 Å². The summed E-state index contributed by atoms with van der Waals surface area (Å²) in [5.74, 6) is 0.929. The number of benzene rings is 2. The van der Waals surface area contributed by atoms with E-state index in [4.69, 9.17) is 10.5 Å². The van der Waals surface area contributed by atoms with Crippen molar-refractivity contribution < 1.29 is 4.74 Å². The summed E-state index contributed by atoms with van der Waals surface area (Å²) in [5.41, 5.74) is 9.61. The van der Waals surface area contributed by atoms with Crippen molar-refractivity contribution >= 4 is 5.82 Å². The average molecular weight is 301 g/mol. The average Bonchev–Trinajstić information content (AvgIpc) is 2.61. The van der Waals surface area contributed by atoms with Crippen molar-refractivity contribution in [3.8, 4) is 34.2 Å². The minimum atomic E-state index is 0.217. The Hall–Kier alpha value is -3.32. The molecule has 3 aromatic rings. The number of anilines is 1. The first kappa shape index (κ1) is 14.6. The lowest BCUT2D eigenvalue weighted by Crippen LogP contribution is -2.00. The van der Waals surface area contributed by atoms with E-state index >= 15 is 0 Å². The molecular weight excluding hydrogens is 286 g/mol. The molecule has 0 atom stereocenters. The van der Waals surface area contributed by atoms with Gasteiger partial charge in [-0.15, -0.1) is 0 Å². The van der Waals surface area contributed by atoms with E-state index in [-0.39, 0.29) is 5.82 Å². The van der Waals surface area contributed by atoms with E-state index in [1.165, 1.54) is 0 Å². The molecular formula is C19H15N3O. The zero-order valence-corrected chi connectivity index (χ0v) is 12.7. The first-order chi connectivity index (χ1) is 11.2. The lowest BCUT2D eigenvalue weighted by molar-refractivity contribution is 0.416. The fourth-order valence-electron chi connectivity index (χ4n) is 2.52. The maximum atomic E-state index is 9.43. The Kier molecular flexibility index (Phi) is 3.94. The molecule has 0 aliphatic rings. The smallest absolute Gasteiger partial charge is 0.142 e. The number of hydrogen-bond donors (Lipinski definition) is 1. The third-order valence-electron chi connectivity index (χ3n) is 3.63. The third-order valence-corrected chi connectivity index (χ3v) is 3.63. The number of rotatable bonds is 3. The Morgan fingerprint density at radius 2 is 1.70 bits per heavy atom. The number of para-hydroxylation sites is 1. The molecule has 1 heterocycles. The molecule has 2 aromatic carbocycles. The van der Waals surface area contributed by atoms with Crippen molar-refractivity contribution in [1.29, 1.82) is 5.26 Å². The molecule has 4 nitrogen and oxygen atoms in total. The van der Waals surface area contributed by atoms with Gasteiger partial charge in [0.05, 0.1) is 12.8 Å². The molecule has 112 valence electrons. The first-order valence-corrected chi connectivity index (χ1v) is 7.14. The van der Waals surface area contributed by atoms with Crippen LogP contribution >= 0.6 is 0 Å². The van der Waals surface area contributed by atoms with Gasteiger partial charge in [0.2, 0.25) is 0 Å². The monoisotopic (exact) mass is 301 g/mol. The first-order valence-electron chi connectivity index (χ1n) is 7.14. The minimum absolute atomic E-state index is 0.217. The molecule has 0 aliphatic carbocycles. The number of nitrogens with two attached hydrogens (primary N) is 1. The van der Waals surface area contributed by atoms with Gasteiger partial charge in [0.25, 0.3) is 0 Å². The van der Waals surface area contributed by atoms with E-state index in [0.717, 1.165) is 16.7 Å². The predicted molar refractivity (Wildman–Crippen MR) is 90.8 cm³/mol. The van der Waals surface area contributed by atoms with Gasteiger partial charge in [-0.05, 0) is 23.8 Å². The highest BCUT2D eigenvalue weighted by Gasteiger charge is 2.15. The summed E-state index contributed by atoms with van der Waals surface area (Å²) in [5, 5.41) is 9.43. The van der Waals surface area contributed by atoms with Crippen molar-refractivity contribution in [1.82, 2.24) is 4.98 Å². The SMILES string of the molecule is COc1ccccc1-c1cc(-c2ccccc2)c(C#N)c(N)n1. The molecule has 23 heavy (non-hydrogen) atoms. The van der Waals surface area contributed by atoms with Crippen LogP contribution in [0.2, 0.25) is 0 Å². The topological polar surface area (TPSA) is 71.9 Å². The highest BCUT2D eigenvalue weighted by molar-refractivity contribution is 5.81. The fraction of sp³-hybridized carbons (Fsp3) is 0.0526. The van der Waals surface area contributed by atoms with Crippen LogP contribution in [0.4, 0.5) is 5.82 Å². The number of nitrogens with zero attached hydrogens (tertiary/aromatic N) is 2. The van der Waals surface area contributed by atoms with Crippen LogP contribution < -0.4 is 10.5 Å². The van der Waals surface area contributed by atoms with Crippen LogP contribution in [0.5, 0.6) is 5.75 Å². The summed E-state index contributed by atoms with van der Waals surface area (Å²) >= 11 is 0. The summed E-state index contributed by atoms with van der Waals surface area (Å²) < 4.78 is 5.40. The van der Waals surface area contributed by atoms with E-state index in [2.05, 4.69) is 11.1 Å². The van der Waals surface area contributed by atoms with Crippen LogP contribution in [-0.4, -0.2) is 12.1 Å². The molecule has 0 radical (unpaired) electrons. The Bertz CT molecular complexity index is 883. The number of ether oxygens (including phenoxy) is 1. The van der Waals surface area contributed by atoms with E-state index in [0.29, 0.717) is 17.0 Å². The second-order valence-electron chi connectivity index (χ2n) is 4.99. The van der Waals surface area contributed by atoms with Gasteiger partial charge >= 0.3 is 0 Å². The van der Waals surface area contributed by atoms with Crippen molar-refractivity contribution in [2.24, 2.45) is 0 Å². The zero-order valence-electron chi connectivity index (χ0n) is 12.7. The molecule has 0 saturated heterocycles. The number of nitriles is 1. The van der Waals surface area contributed by atoms with Gasteiger partial charge in [0, 0.05) is 11.1 Å². The highest BCUT2D eigenvalue weighted by Crippen LogP contribution is 2.34. The molecule has 0 amide bonds. The van der Waals surface area contributed by atoms with Crippen molar-refractivity contribution in [2.75, 3.05) is 12.8 Å². The second-order valence-corrected chi connectivity index (χ2v) is 4.99. The van der Waals surface area contributed by atoms with Crippen LogP contribution in [0.3, 0.4) is 0 Å². The van der Waals surface area contributed by atoms with E-state index in [1.54, 1.807) is 7.11 Å². The molecule has 0 fully saturated rings. The summed E-state index contributed by atoms with van der Waals surface area (Å²) in [6, 6.07) is 21.3. The lowest BCUT2D eigenvalue weighted by atomic mass is 9.98. The number of aromatic nitrogens is 1. The Labute approximate surface area is 134 Å². The van der Waals surface area contributed by atoms with Crippen LogP contribution in [-0.2, 0) is 0 Å². The molecule has 1 aromatic heterocycles. The van der Waals surface area contributed by atoms with Crippen molar-refractivity contribution in [2.45, 2.75) is 0 Å². The maximum absolute atomic E-state index is 9.43. The van der Waals surface area contributed by atoms with Gasteiger partial charge in [-0.3, -0.25) is 0 Å².